The van der Waals surface area contributed by atoms with Crippen molar-refractivity contribution in [3.63, 3.8) is 0 Å². The van der Waals surface area contributed by atoms with Crippen molar-refractivity contribution >= 4 is 11.7 Å². The second kappa shape index (κ2) is 7.54. The van der Waals surface area contributed by atoms with Gasteiger partial charge in [0.1, 0.15) is 0 Å². The van der Waals surface area contributed by atoms with Gasteiger partial charge in [0.2, 0.25) is 5.91 Å². The Hall–Kier alpha value is -1.68. The van der Waals surface area contributed by atoms with E-state index >= 15 is 0 Å². The van der Waals surface area contributed by atoms with Gasteiger partial charge in [0.25, 0.3) is 0 Å². The van der Waals surface area contributed by atoms with Gasteiger partial charge in [0.05, 0.1) is 5.54 Å². The number of carbonyl (C=O) groups is 2. The van der Waals surface area contributed by atoms with Crippen LogP contribution in [0, 0.1) is 19.8 Å². The molecular weight excluding hydrogens is 276 g/mol. The number of hydrogen-bond donors (Lipinski definition) is 2. The van der Waals surface area contributed by atoms with Crippen LogP contribution in [0.1, 0.15) is 55.1 Å². The fourth-order valence-corrected chi connectivity index (χ4v) is 2.21. The van der Waals surface area contributed by atoms with Crippen LogP contribution in [0.15, 0.2) is 18.2 Å². The average molecular weight is 304 g/mol. The summed E-state index contributed by atoms with van der Waals surface area (Å²) in [6, 6.07) is 5.80. The number of nitrogens with one attached hydrogen (secondary N) is 1. The fraction of sp³-hybridized carbons (Fsp3) is 0.556. The molecule has 1 unspecified atom stereocenters. The summed E-state index contributed by atoms with van der Waals surface area (Å²) in [6.45, 7) is 10.2. The van der Waals surface area contributed by atoms with E-state index in [1.165, 1.54) is 0 Å². The van der Waals surface area contributed by atoms with Crippen LogP contribution in [0.4, 0.5) is 0 Å². The van der Waals surface area contributed by atoms with E-state index in [-0.39, 0.29) is 30.4 Å². The molecule has 0 heterocycles. The zero-order chi connectivity index (χ0) is 16.9. The van der Waals surface area contributed by atoms with Crippen LogP contribution in [-0.2, 0) is 4.79 Å². The van der Waals surface area contributed by atoms with Crippen molar-refractivity contribution in [2.75, 3.05) is 6.54 Å². The Morgan fingerprint density at radius 1 is 1.23 bits per heavy atom. The molecule has 0 spiro atoms. The highest BCUT2D eigenvalue weighted by atomic mass is 16.2. The molecule has 0 aliphatic carbocycles. The Labute approximate surface area is 133 Å². The third-order valence-corrected chi connectivity index (χ3v) is 4.40. The minimum Gasteiger partial charge on any atom is -0.349 e. The molecule has 0 saturated carbocycles. The zero-order valence-electron chi connectivity index (χ0n) is 14.3. The van der Waals surface area contributed by atoms with E-state index in [1.807, 2.05) is 52.8 Å². The maximum Gasteiger partial charge on any atom is 0.220 e. The third kappa shape index (κ3) is 4.67. The van der Waals surface area contributed by atoms with Crippen LogP contribution in [0.2, 0.25) is 0 Å². The second-order valence-electron chi connectivity index (χ2n) is 6.57. The lowest BCUT2D eigenvalue weighted by Gasteiger charge is -2.33. The quantitative estimate of drug-likeness (QED) is 0.761. The highest BCUT2D eigenvalue weighted by molar-refractivity contribution is 5.99. The number of Topliss-reactive ketones (excluding diaryl/α,β-unsaturated/α-hetero) is 1. The van der Waals surface area contributed by atoms with Gasteiger partial charge >= 0.3 is 0 Å². The number of rotatable bonds is 7. The van der Waals surface area contributed by atoms with E-state index in [9.17, 15) is 9.59 Å². The summed E-state index contributed by atoms with van der Waals surface area (Å²) in [5.41, 5.74) is 8.03. The zero-order valence-corrected chi connectivity index (χ0v) is 14.3. The highest BCUT2D eigenvalue weighted by Gasteiger charge is 2.28. The summed E-state index contributed by atoms with van der Waals surface area (Å²) in [5, 5.41) is 2.96. The van der Waals surface area contributed by atoms with Gasteiger partial charge in [-0.2, -0.15) is 0 Å². The lowest BCUT2D eigenvalue weighted by molar-refractivity contribution is -0.123. The number of nitrogens with two attached hydrogens (primary N) is 1. The van der Waals surface area contributed by atoms with E-state index < -0.39 is 5.54 Å². The molecule has 0 aromatic heterocycles. The minimum absolute atomic E-state index is 0.00958. The number of benzene rings is 1. The molecule has 0 saturated heterocycles. The number of hydrogen-bond acceptors (Lipinski definition) is 3. The van der Waals surface area contributed by atoms with Crippen LogP contribution >= 0.6 is 0 Å². The normalized spacial score (nSPS) is 13.8. The van der Waals surface area contributed by atoms with Crippen LogP contribution in [0.25, 0.3) is 0 Å². The Bertz CT molecular complexity index is 552. The van der Waals surface area contributed by atoms with Crippen LogP contribution in [0.5, 0.6) is 0 Å². The Morgan fingerprint density at radius 2 is 1.86 bits per heavy atom. The molecule has 3 N–H and O–H groups in total. The van der Waals surface area contributed by atoms with Gasteiger partial charge in [-0.1, -0.05) is 31.5 Å². The van der Waals surface area contributed by atoms with Gasteiger partial charge in [0.15, 0.2) is 5.78 Å². The summed E-state index contributed by atoms with van der Waals surface area (Å²) >= 11 is 0. The molecule has 1 aromatic rings. The molecule has 1 rings (SSSR count). The van der Waals surface area contributed by atoms with E-state index in [4.69, 9.17) is 5.73 Å². The molecule has 1 aromatic carbocycles. The summed E-state index contributed by atoms with van der Waals surface area (Å²) in [4.78, 5) is 24.4. The number of ketones is 1. The van der Waals surface area contributed by atoms with E-state index in [0.29, 0.717) is 12.1 Å². The minimum atomic E-state index is -0.431. The smallest absolute Gasteiger partial charge is 0.220 e. The highest BCUT2D eigenvalue weighted by Crippen LogP contribution is 2.16. The topological polar surface area (TPSA) is 72.2 Å². The van der Waals surface area contributed by atoms with Crippen LogP contribution < -0.4 is 11.1 Å². The van der Waals surface area contributed by atoms with Crippen LogP contribution in [0.3, 0.4) is 0 Å². The van der Waals surface area contributed by atoms with Crippen molar-refractivity contribution in [1.82, 2.24) is 5.32 Å². The summed E-state index contributed by atoms with van der Waals surface area (Å²) in [6.07, 6.45) is 0.406. The first-order chi connectivity index (χ1) is 10.2. The van der Waals surface area contributed by atoms with E-state index in [0.717, 1.165) is 11.1 Å². The molecule has 0 aliphatic heterocycles. The van der Waals surface area contributed by atoms with Crippen LogP contribution in [-0.4, -0.2) is 23.8 Å². The van der Waals surface area contributed by atoms with E-state index in [1.54, 1.807) is 0 Å². The fourth-order valence-electron chi connectivity index (χ4n) is 2.21. The predicted octanol–water partition coefficient (Wildman–Crippen LogP) is 2.76. The summed E-state index contributed by atoms with van der Waals surface area (Å²) < 4.78 is 0. The molecule has 122 valence electrons. The van der Waals surface area contributed by atoms with Gasteiger partial charge in [-0.25, -0.2) is 0 Å². The molecular formula is C18H28N2O2. The average Bonchev–Trinajstić information content (AvgIpc) is 2.46. The van der Waals surface area contributed by atoms with Gasteiger partial charge in [-0.05, 0) is 38.3 Å². The standard InChI is InChI=1S/C18H28N2O2/c1-12(2)18(5,11-19)20-17(22)9-8-16(21)15-10-13(3)6-7-14(15)4/h6-7,10,12H,8-9,11,19H2,1-5H3,(H,20,22). The third-order valence-electron chi connectivity index (χ3n) is 4.40. The Kier molecular flexibility index (Phi) is 6.30. The predicted molar refractivity (Wildman–Crippen MR) is 89.9 cm³/mol. The Balaban J connectivity index is 2.64. The second-order valence-corrected chi connectivity index (χ2v) is 6.57. The van der Waals surface area contributed by atoms with Crippen molar-refractivity contribution in [2.24, 2.45) is 11.7 Å². The first-order valence-electron chi connectivity index (χ1n) is 7.81. The van der Waals surface area contributed by atoms with Gasteiger partial charge in [-0.15, -0.1) is 0 Å². The van der Waals surface area contributed by atoms with Crippen molar-refractivity contribution in [3.8, 4) is 0 Å². The van der Waals surface area contributed by atoms with Gasteiger partial charge in [0, 0.05) is 24.9 Å². The molecule has 22 heavy (non-hydrogen) atoms. The first kappa shape index (κ1) is 18.4. The Morgan fingerprint density at radius 3 is 2.41 bits per heavy atom. The molecule has 0 fully saturated rings. The van der Waals surface area contributed by atoms with Crippen molar-refractivity contribution < 1.29 is 9.59 Å². The van der Waals surface area contributed by atoms with E-state index in [2.05, 4.69) is 5.32 Å². The first-order valence-corrected chi connectivity index (χ1v) is 7.81. The van der Waals surface area contributed by atoms with Crippen molar-refractivity contribution in [2.45, 2.75) is 53.0 Å². The summed E-state index contributed by atoms with van der Waals surface area (Å²) in [5.74, 6) is 0.117. The molecule has 1 amide bonds. The maximum absolute atomic E-state index is 12.3. The number of carbonyl (C=O) groups excluding carboxylic acids is 2. The monoisotopic (exact) mass is 304 g/mol. The molecule has 0 aliphatic rings. The SMILES string of the molecule is Cc1ccc(C)c(C(=O)CCC(=O)NC(C)(CN)C(C)C)c1. The summed E-state index contributed by atoms with van der Waals surface area (Å²) in [7, 11) is 0. The molecule has 0 radical (unpaired) electrons. The lowest BCUT2D eigenvalue weighted by atomic mass is 9.88. The molecule has 4 heteroatoms. The lowest BCUT2D eigenvalue weighted by Crippen LogP contribution is -2.55. The maximum atomic E-state index is 12.3. The molecule has 0 bridgehead atoms. The van der Waals surface area contributed by atoms with Crippen molar-refractivity contribution in [1.29, 1.82) is 0 Å². The number of aryl methyl sites for hydroxylation is 2. The molecule has 4 nitrogen and oxygen atoms in total. The van der Waals surface area contributed by atoms with Gasteiger partial charge in [-0.3, -0.25) is 9.59 Å². The largest absolute Gasteiger partial charge is 0.349 e. The van der Waals surface area contributed by atoms with Crippen molar-refractivity contribution in [3.05, 3.63) is 34.9 Å². The van der Waals surface area contributed by atoms with Gasteiger partial charge < -0.3 is 11.1 Å². The molecule has 1 atom stereocenters. The number of amides is 1.